The standard InChI is InChI=1S/C18H25N3O/c1-14(21-10-6-3-7-11-21)12-19-18(22)16-13-20(2)17-9-5-4-8-15(16)17/h4-5,8-9,13-14H,3,6-7,10-12H2,1-2H3,(H,19,22). The highest BCUT2D eigenvalue weighted by Crippen LogP contribution is 2.20. The van der Waals surface area contributed by atoms with Gasteiger partial charge in [0.15, 0.2) is 0 Å². The lowest BCUT2D eigenvalue weighted by atomic mass is 10.1. The van der Waals surface area contributed by atoms with Crippen molar-refractivity contribution in [3.8, 4) is 0 Å². The predicted molar refractivity (Wildman–Crippen MR) is 90.1 cm³/mol. The Morgan fingerprint density at radius 3 is 2.73 bits per heavy atom. The van der Waals surface area contributed by atoms with Crippen LogP contribution in [0.2, 0.25) is 0 Å². The fourth-order valence-corrected chi connectivity index (χ4v) is 3.35. The van der Waals surface area contributed by atoms with Gasteiger partial charge in [-0.1, -0.05) is 24.6 Å². The van der Waals surface area contributed by atoms with Gasteiger partial charge in [0.25, 0.3) is 5.91 Å². The van der Waals surface area contributed by atoms with E-state index in [2.05, 4.69) is 17.1 Å². The number of piperidine rings is 1. The Morgan fingerprint density at radius 2 is 1.95 bits per heavy atom. The first-order valence-electron chi connectivity index (χ1n) is 8.23. The number of hydrogen-bond donors (Lipinski definition) is 1. The van der Waals surface area contributed by atoms with E-state index in [4.69, 9.17) is 0 Å². The quantitative estimate of drug-likeness (QED) is 0.942. The van der Waals surface area contributed by atoms with Crippen LogP contribution in [0.5, 0.6) is 0 Å². The number of amides is 1. The molecule has 1 amide bonds. The van der Waals surface area contributed by atoms with Gasteiger partial charge in [-0.3, -0.25) is 9.69 Å². The highest BCUT2D eigenvalue weighted by atomic mass is 16.1. The van der Waals surface area contributed by atoms with Gasteiger partial charge in [-0.25, -0.2) is 0 Å². The van der Waals surface area contributed by atoms with Gasteiger partial charge in [0.05, 0.1) is 5.56 Å². The molecule has 3 rings (SSSR count). The lowest BCUT2D eigenvalue weighted by molar-refractivity contribution is 0.0931. The number of aryl methyl sites for hydroxylation is 1. The molecule has 4 nitrogen and oxygen atoms in total. The largest absolute Gasteiger partial charge is 0.350 e. The number of aromatic nitrogens is 1. The van der Waals surface area contributed by atoms with E-state index in [0.717, 1.165) is 29.6 Å². The minimum absolute atomic E-state index is 0.0284. The highest BCUT2D eigenvalue weighted by Gasteiger charge is 2.18. The molecule has 2 aromatic rings. The maximum Gasteiger partial charge on any atom is 0.253 e. The first-order valence-corrected chi connectivity index (χ1v) is 8.23. The number of fused-ring (bicyclic) bond motifs is 1. The summed E-state index contributed by atoms with van der Waals surface area (Å²) < 4.78 is 2.01. The van der Waals surface area contributed by atoms with Crippen molar-refractivity contribution in [3.05, 3.63) is 36.0 Å². The number of nitrogens with zero attached hydrogens (tertiary/aromatic N) is 2. The molecule has 1 aliphatic rings. The smallest absolute Gasteiger partial charge is 0.253 e. The number of carbonyl (C=O) groups excluding carboxylic acids is 1. The number of para-hydroxylation sites is 1. The summed E-state index contributed by atoms with van der Waals surface area (Å²) in [5, 5.41) is 4.13. The van der Waals surface area contributed by atoms with Gasteiger partial charge in [0, 0.05) is 36.7 Å². The van der Waals surface area contributed by atoms with E-state index < -0.39 is 0 Å². The molecule has 0 saturated carbocycles. The maximum atomic E-state index is 12.5. The summed E-state index contributed by atoms with van der Waals surface area (Å²) >= 11 is 0. The highest BCUT2D eigenvalue weighted by molar-refractivity contribution is 6.06. The van der Waals surface area contributed by atoms with Crippen molar-refractivity contribution >= 4 is 16.8 Å². The first-order chi connectivity index (χ1) is 10.7. The van der Waals surface area contributed by atoms with Gasteiger partial charge in [0.1, 0.15) is 0 Å². The normalized spacial score (nSPS) is 17.5. The molecule has 1 unspecified atom stereocenters. The van der Waals surface area contributed by atoms with Crippen LogP contribution >= 0.6 is 0 Å². The van der Waals surface area contributed by atoms with E-state index in [1.807, 2.05) is 42.1 Å². The molecule has 1 aromatic carbocycles. The molecule has 1 N–H and O–H groups in total. The summed E-state index contributed by atoms with van der Waals surface area (Å²) in [5.41, 5.74) is 1.86. The molecule has 0 radical (unpaired) electrons. The zero-order valence-electron chi connectivity index (χ0n) is 13.5. The fourth-order valence-electron chi connectivity index (χ4n) is 3.35. The van der Waals surface area contributed by atoms with E-state index in [-0.39, 0.29) is 5.91 Å². The Labute approximate surface area is 132 Å². The molecule has 0 aliphatic carbocycles. The van der Waals surface area contributed by atoms with Crippen molar-refractivity contribution in [1.82, 2.24) is 14.8 Å². The van der Waals surface area contributed by atoms with E-state index >= 15 is 0 Å². The van der Waals surface area contributed by atoms with E-state index in [1.54, 1.807) is 0 Å². The van der Waals surface area contributed by atoms with Crippen molar-refractivity contribution in [1.29, 1.82) is 0 Å². The number of benzene rings is 1. The molecule has 2 heterocycles. The minimum atomic E-state index is 0.0284. The van der Waals surface area contributed by atoms with Crippen LogP contribution in [-0.2, 0) is 7.05 Å². The number of hydrogen-bond acceptors (Lipinski definition) is 2. The Hall–Kier alpha value is -1.81. The molecule has 4 heteroatoms. The zero-order chi connectivity index (χ0) is 15.5. The number of carbonyl (C=O) groups is 1. The summed E-state index contributed by atoms with van der Waals surface area (Å²) in [6.45, 7) is 5.23. The molecule has 1 aromatic heterocycles. The molecule has 1 atom stereocenters. The SMILES string of the molecule is CC(CNC(=O)c1cn(C)c2ccccc12)N1CCCCC1. The molecular formula is C18H25N3O. The number of likely N-dealkylation sites (tertiary alicyclic amines) is 1. The van der Waals surface area contributed by atoms with Crippen molar-refractivity contribution in [2.45, 2.75) is 32.2 Å². The van der Waals surface area contributed by atoms with E-state index in [9.17, 15) is 4.79 Å². The van der Waals surface area contributed by atoms with Crippen LogP contribution in [-0.4, -0.2) is 41.1 Å². The Bertz CT molecular complexity index is 655. The summed E-state index contributed by atoms with van der Waals surface area (Å²) in [4.78, 5) is 15.0. The van der Waals surface area contributed by atoms with Gasteiger partial charge in [-0.15, -0.1) is 0 Å². The summed E-state index contributed by atoms with van der Waals surface area (Å²) in [7, 11) is 1.98. The topological polar surface area (TPSA) is 37.3 Å². The lowest BCUT2D eigenvalue weighted by Gasteiger charge is -2.32. The molecule has 1 saturated heterocycles. The van der Waals surface area contributed by atoms with Gasteiger partial charge >= 0.3 is 0 Å². The average Bonchev–Trinajstić information content (AvgIpc) is 2.91. The van der Waals surface area contributed by atoms with E-state index in [1.165, 1.54) is 19.3 Å². The summed E-state index contributed by atoms with van der Waals surface area (Å²) in [5.74, 6) is 0.0284. The molecule has 118 valence electrons. The van der Waals surface area contributed by atoms with Crippen LogP contribution in [0.1, 0.15) is 36.5 Å². The van der Waals surface area contributed by atoms with E-state index in [0.29, 0.717) is 12.6 Å². The van der Waals surface area contributed by atoms with Crippen LogP contribution in [0.15, 0.2) is 30.5 Å². The molecule has 1 fully saturated rings. The van der Waals surface area contributed by atoms with Gasteiger partial charge < -0.3 is 9.88 Å². The molecule has 0 spiro atoms. The third-order valence-electron chi connectivity index (χ3n) is 4.71. The van der Waals surface area contributed by atoms with Crippen LogP contribution in [0.25, 0.3) is 10.9 Å². The second-order valence-electron chi connectivity index (χ2n) is 6.33. The summed E-state index contributed by atoms with van der Waals surface area (Å²) in [6.07, 6.45) is 5.82. The van der Waals surface area contributed by atoms with Crippen molar-refractivity contribution in [2.75, 3.05) is 19.6 Å². The second kappa shape index (κ2) is 6.53. The molecule has 22 heavy (non-hydrogen) atoms. The fraction of sp³-hybridized carbons (Fsp3) is 0.500. The number of rotatable bonds is 4. The van der Waals surface area contributed by atoms with Crippen LogP contribution in [0.4, 0.5) is 0 Å². The van der Waals surface area contributed by atoms with Crippen molar-refractivity contribution in [3.63, 3.8) is 0 Å². The first kappa shape index (κ1) is 15.1. The summed E-state index contributed by atoms with van der Waals surface area (Å²) in [6, 6.07) is 8.44. The van der Waals surface area contributed by atoms with Gasteiger partial charge in [-0.2, -0.15) is 0 Å². The minimum Gasteiger partial charge on any atom is -0.350 e. The molecular weight excluding hydrogens is 274 g/mol. The van der Waals surface area contributed by atoms with Crippen molar-refractivity contribution < 1.29 is 4.79 Å². The van der Waals surface area contributed by atoms with Crippen molar-refractivity contribution in [2.24, 2.45) is 7.05 Å². The average molecular weight is 299 g/mol. The van der Waals surface area contributed by atoms with Crippen LogP contribution < -0.4 is 5.32 Å². The van der Waals surface area contributed by atoms with Gasteiger partial charge in [0.2, 0.25) is 0 Å². The lowest BCUT2D eigenvalue weighted by Crippen LogP contribution is -2.44. The maximum absolute atomic E-state index is 12.5. The second-order valence-corrected chi connectivity index (χ2v) is 6.33. The Balaban J connectivity index is 1.66. The Kier molecular flexibility index (Phi) is 4.48. The third kappa shape index (κ3) is 3.02. The van der Waals surface area contributed by atoms with Crippen LogP contribution in [0.3, 0.4) is 0 Å². The zero-order valence-corrected chi connectivity index (χ0v) is 13.5. The third-order valence-corrected chi connectivity index (χ3v) is 4.71. The van der Waals surface area contributed by atoms with Crippen LogP contribution in [0, 0.1) is 0 Å². The molecule has 1 aliphatic heterocycles. The molecule has 0 bridgehead atoms. The Morgan fingerprint density at radius 1 is 1.23 bits per heavy atom. The van der Waals surface area contributed by atoms with Gasteiger partial charge in [-0.05, 0) is 38.9 Å². The number of nitrogens with one attached hydrogen (secondary N) is 1. The monoisotopic (exact) mass is 299 g/mol. The predicted octanol–water partition coefficient (Wildman–Crippen LogP) is 2.78.